The number of anilines is 1. The predicted molar refractivity (Wildman–Crippen MR) is 85.7 cm³/mol. The molecule has 0 atom stereocenters. The Morgan fingerprint density at radius 1 is 1.42 bits per heavy atom. The first-order valence-electron chi connectivity index (χ1n) is 5.56. The molecule has 0 spiro atoms. The number of H-pyrrole nitrogens is 2. The van der Waals surface area contributed by atoms with Gasteiger partial charge in [0.25, 0.3) is 0 Å². The SMILES string of the molecule is C=C(C)CNC(=S)Nc1cc2[nH]c(=O)[nH]c2cc1Br. The van der Waals surface area contributed by atoms with Crippen LogP contribution in [-0.2, 0) is 0 Å². The van der Waals surface area contributed by atoms with Gasteiger partial charge in [-0.1, -0.05) is 12.2 Å². The summed E-state index contributed by atoms with van der Waals surface area (Å²) >= 11 is 8.61. The van der Waals surface area contributed by atoms with Gasteiger partial charge in [-0.2, -0.15) is 0 Å². The van der Waals surface area contributed by atoms with Gasteiger partial charge in [0.1, 0.15) is 0 Å². The number of aromatic amines is 2. The highest BCUT2D eigenvalue weighted by atomic mass is 79.9. The summed E-state index contributed by atoms with van der Waals surface area (Å²) in [6, 6.07) is 3.63. The van der Waals surface area contributed by atoms with E-state index in [1.165, 1.54) is 0 Å². The molecule has 0 saturated heterocycles. The lowest BCUT2D eigenvalue weighted by Crippen LogP contribution is -2.29. The highest BCUT2D eigenvalue weighted by Gasteiger charge is 2.06. The fraction of sp³-hybridized carbons (Fsp3) is 0.167. The largest absolute Gasteiger partial charge is 0.359 e. The van der Waals surface area contributed by atoms with Crippen molar-refractivity contribution in [1.29, 1.82) is 0 Å². The van der Waals surface area contributed by atoms with Crippen LogP contribution in [-0.4, -0.2) is 21.6 Å². The van der Waals surface area contributed by atoms with E-state index in [9.17, 15) is 4.79 Å². The van der Waals surface area contributed by atoms with Gasteiger partial charge in [-0.25, -0.2) is 4.79 Å². The van der Waals surface area contributed by atoms with Gasteiger partial charge in [-0.3, -0.25) is 0 Å². The molecule has 0 amide bonds. The Hall–Kier alpha value is -1.60. The summed E-state index contributed by atoms with van der Waals surface area (Å²) in [6.45, 7) is 6.33. The van der Waals surface area contributed by atoms with E-state index < -0.39 is 0 Å². The number of nitrogens with one attached hydrogen (secondary N) is 4. The molecule has 5 nitrogen and oxygen atoms in total. The first-order valence-corrected chi connectivity index (χ1v) is 6.76. The van der Waals surface area contributed by atoms with Crippen LogP contribution in [0.25, 0.3) is 11.0 Å². The van der Waals surface area contributed by atoms with Gasteiger partial charge < -0.3 is 20.6 Å². The maximum atomic E-state index is 11.2. The van der Waals surface area contributed by atoms with Crippen LogP contribution in [0.5, 0.6) is 0 Å². The van der Waals surface area contributed by atoms with Gasteiger partial charge >= 0.3 is 5.69 Å². The summed E-state index contributed by atoms with van der Waals surface area (Å²) in [4.78, 5) is 16.6. The average Bonchev–Trinajstić information content (AvgIpc) is 2.66. The maximum Gasteiger partial charge on any atom is 0.323 e. The van der Waals surface area contributed by atoms with Crippen LogP contribution < -0.4 is 16.3 Å². The van der Waals surface area contributed by atoms with Crippen molar-refractivity contribution in [2.75, 3.05) is 11.9 Å². The molecule has 0 bridgehead atoms. The minimum atomic E-state index is -0.234. The lowest BCUT2D eigenvalue weighted by Gasteiger charge is -2.11. The zero-order valence-electron chi connectivity index (χ0n) is 10.3. The van der Waals surface area contributed by atoms with E-state index in [4.69, 9.17) is 12.2 Å². The first kappa shape index (κ1) is 13.8. The van der Waals surface area contributed by atoms with Crippen LogP contribution in [0.4, 0.5) is 5.69 Å². The molecular formula is C12H13BrN4OS. The number of rotatable bonds is 3. The standard InChI is InChI=1S/C12H13BrN4OS/c1-6(2)5-14-12(19)17-8-4-10-9(3-7(8)13)15-11(18)16-10/h3-4H,1,5H2,2H3,(H2,14,17,19)(H2,15,16,18). The van der Waals surface area contributed by atoms with Crippen molar-refractivity contribution in [2.45, 2.75) is 6.92 Å². The van der Waals surface area contributed by atoms with Gasteiger partial charge in [0, 0.05) is 11.0 Å². The predicted octanol–water partition coefficient (Wildman–Crippen LogP) is 2.48. The van der Waals surface area contributed by atoms with Crippen molar-refractivity contribution in [2.24, 2.45) is 0 Å². The van der Waals surface area contributed by atoms with Crippen LogP contribution in [0.2, 0.25) is 0 Å². The second-order valence-electron chi connectivity index (χ2n) is 4.22. The van der Waals surface area contributed by atoms with E-state index in [1.54, 1.807) is 0 Å². The Morgan fingerprint density at radius 3 is 2.68 bits per heavy atom. The van der Waals surface area contributed by atoms with E-state index in [1.807, 2.05) is 19.1 Å². The smallest absolute Gasteiger partial charge is 0.323 e. The first-order chi connectivity index (χ1) is 8.95. The number of fused-ring (bicyclic) bond motifs is 1. The molecule has 0 saturated carbocycles. The van der Waals surface area contributed by atoms with Crippen molar-refractivity contribution in [3.05, 3.63) is 39.2 Å². The Balaban J connectivity index is 2.20. The molecule has 1 heterocycles. The normalized spacial score (nSPS) is 10.4. The summed E-state index contributed by atoms with van der Waals surface area (Å²) in [5, 5.41) is 6.60. The molecule has 0 aliphatic carbocycles. The molecule has 0 fully saturated rings. The third-order valence-corrected chi connectivity index (χ3v) is 3.31. The van der Waals surface area contributed by atoms with Crippen LogP contribution in [0.15, 0.2) is 33.6 Å². The van der Waals surface area contributed by atoms with Gasteiger partial charge in [0.2, 0.25) is 0 Å². The quantitative estimate of drug-likeness (QED) is 0.511. The van der Waals surface area contributed by atoms with Crippen LogP contribution in [0.3, 0.4) is 0 Å². The highest BCUT2D eigenvalue weighted by Crippen LogP contribution is 2.26. The molecule has 100 valence electrons. The van der Waals surface area contributed by atoms with Crippen LogP contribution in [0.1, 0.15) is 6.92 Å². The minimum absolute atomic E-state index is 0.234. The summed E-state index contributed by atoms with van der Waals surface area (Å²) in [7, 11) is 0. The number of imidazole rings is 1. The van der Waals surface area contributed by atoms with Crippen molar-refractivity contribution in [1.82, 2.24) is 15.3 Å². The minimum Gasteiger partial charge on any atom is -0.359 e. The third kappa shape index (κ3) is 3.45. The summed E-state index contributed by atoms with van der Waals surface area (Å²) in [5.41, 5.74) is 3.00. The van der Waals surface area contributed by atoms with Gasteiger partial charge in [0.05, 0.1) is 16.7 Å². The lowest BCUT2D eigenvalue weighted by molar-refractivity contribution is 1.000. The molecular weight excluding hydrogens is 328 g/mol. The highest BCUT2D eigenvalue weighted by molar-refractivity contribution is 9.10. The lowest BCUT2D eigenvalue weighted by atomic mass is 10.3. The Bertz CT molecular complexity index is 703. The van der Waals surface area contributed by atoms with Crippen molar-refractivity contribution < 1.29 is 0 Å². The zero-order valence-corrected chi connectivity index (χ0v) is 12.7. The molecule has 2 rings (SSSR count). The molecule has 0 radical (unpaired) electrons. The fourth-order valence-corrected chi connectivity index (χ4v) is 2.17. The third-order valence-electron chi connectivity index (χ3n) is 2.40. The molecule has 0 aliphatic rings. The van der Waals surface area contributed by atoms with Crippen molar-refractivity contribution in [3.63, 3.8) is 0 Å². The number of hydrogen-bond acceptors (Lipinski definition) is 2. The maximum absolute atomic E-state index is 11.2. The van der Waals surface area contributed by atoms with Crippen molar-refractivity contribution >= 4 is 50.0 Å². The average molecular weight is 341 g/mol. The molecule has 0 unspecified atom stereocenters. The van der Waals surface area contributed by atoms with E-state index >= 15 is 0 Å². The van der Waals surface area contributed by atoms with Crippen molar-refractivity contribution in [3.8, 4) is 0 Å². The number of benzene rings is 1. The van der Waals surface area contributed by atoms with E-state index in [-0.39, 0.29) is 5.69 Å². The number of hydrogen-bond donors (Lipinski definition) is 4. The summed E-state index contributed by atoms with van der Waals surface area (Å²) in [6.07, 6.45) is 0. The molecule has 19 heavy (non-hydrogen) atoms. The van der Waals surface area contributed by atoms with Crippen LogP contribution in [0, 0.1) is 0 Å². The molecule has 7 heteroatoms. The molecule has 2 aromatic rings. The van der Waals surface area contributed by atoms with Crippen LogP contribution >= 0.6 is 28.1 Å². The monoisotopic (exact) mass is 340 g/mol. The van der Waals surface area contributed by atoms with E-state index in [0.29, 0.717) is 11.7 Å². The Labute approximate surface area is 123 Å². The van der Waals surface area contributed by atoms with Gasteiger partial charge in [0.15, 0.2) is 5.11 Å². The molecule has 0 aliphatic heterocycles. The Kier molecular flexibility index (Phi) is 4.06. The summed E-state index contributed by atoms with van der Waals surface area (Å²) in [5.74, 6) is 0. The number of aromatic nitrogens is 2. The van der Waals surface area contributed by atoms with E-state index in [0.717, 1.165) is 26.8 Å². The number of thiocarbonyl (C=S) groups is 1. The fourth-order valence-electron chi connectivity index (χ4n) is 1.55. The molecule has 1 aromatic carbocycles. The summed E-state index contributed by atoms with van der Waals surface area (Å²) < 4.78 is 0.815. The van der Waals surface area contributed by atoms with E-state index in [2.05, 4.69) is 43.1 Å². The Morgan fingerprint density at radius 2 is 2.05 bits per heavy atom. The van der Waals surface area contributed by atoms with Gasteiger partial charge in [-0.05, 0) is 47.2 Å². The van der Waals surface area contributed by atoms with Gasteiger partial charge in [-0.15, -0.1) is 0 Å². The zero-order chi connectivity index (χ0) is 14.0. The number of halogens is 1. The molecule has 1 aromatic heterocycles. The molecule has 4 N–H and O–H groups in total. The topological polar surface area (TPSA) is 72.7 Å². The second-order valence-corrected chi connectivity index (χ2v) is 5.48. The second kappa shape index (κ2) is 5.58.